The highest BCUT2D eigenvalue weighted by Gasteiger charge is 2.45. The van der Waals surface area contributed by atoms with E-state index in [0.29, 0.717) is 38.4 Å². The van der Waals surface area contributed by atoms with Crippen molar-refractivity contribution < 1.29 is 13.6 Å². The predicted molar refractivity (Wildman–Crippen MR) is 67.6 cm³/mol. The summed E-state index contributed by atoms with van der Waals surface area (Å²) in [6.07, 6.45) is -1.06. The van der Waals surface area contributed by atoms with Crippen molar-refractivity contribution in [3.63, 3.8) is 0 Å². The third-order valence-electron chi connectivity index (χ3n) is 3.65. The average molecular weight is 283 g/mol. The summed E-state index contributed by atoms with van der Waals surface area (Å²) in [5.41, 5.74) is -0.543. The Labute approximate surface area is 114 Å². The van der Waals surface area contributed by atoms with Crippen LogP contribution in [0.5, 0.6) is 0 Å². The van der Waals surface area contributed by atoms with Gasteiger partial charge in [-0.3, -0.25) is 4.79 Å². The van der Waals surface area contributed by atoms with Crippen LogP contribution < -0.4 is 15.5 Å². The number of halogens is 2. The molecule has 2 saturated heterocycles. The van der Waals surface area contributed by atoms with Crippen LogP contribution in [0.2, 0.25) is 0 Å². The first kappa shape index (κ1) is 13.2. The second-order valence-electron chi connectivity index (χ2n) is 5.19. The minimum absolute atomic E-state index is 0.0191. The van der Waals surface area contributed by atoms with Gasteiger partial charge in [-0.2, -0.15) is 0 Å². The number of anilines is 1. The molecule has 0 atom stereocenters. The van der Waals surface area contributed by atoms with Gasteiger partial charge in [-0.15, -0.1) is 0 Å². The lowest BCUT2D eigenvalue weighted by molar-refractivity contribution is -0.122. The first-order chi connectivity index (χ1) is 9.58. The van der Waals surface area contributed by atoms with Crippen LogP contribution >= 0.6 is 0 Å². The number of hydrogen-bond acceptors (Lipinski definition) is 5. The Kier molecular flexibility index (Phi) is 3.25. The van der Waals surface area contributed by atoms with E-state index in [1.54, 1.807) is 0 Å². The summed E-state index contributed by atoms with van der Waals surface area (Å²) in [5.74, 6) is 0.498. The molecule has 0 radical (unpaired) electrons. The van der Waals surface area contributed by atoms with E-state index in [-0.39, 0.29) is 17.1 Å². The molecule has 2 aliphatic heterocycles. The summed E-state index contributed by atoms with van der Waals surface area (Å²) >= 11 is 0. The molecule has 0 bridgehead atoms. The van der Waals surface area contributed by atoms with Gasteiger partial charge >= 0.3 is 0 Å². The number of aromatic nitrogens is 2. The highest BCUT2D eigenvalue weighted by atomic mass is 19.3. The van der Waals surface area contributed by atoms with Gasteiger partial charge in [-0.25, -0.2) is 18.7 Å². The number of carbonyl (C=O) groups excluding carboxylic acids is 1. The maximum atomic E-state index is 12.6. The van der Waals surface area contributed by atoms with Gasteiger partial charge in [0.25, 0.3) is 6.43 Å². The van der Waals surface area contributed by atoms with E-state index in [4.69, 9.17) is 0 Å². The minimum atomic E-state index is -2.60. The molecule has 1 aromatic rings. The zero-order valence-corrected chi connectivity index (χ0v) is 10.8. The van der Waals surface area contributed by atoms with Gasteiger partial charge < -0.3 is 15.5 Å². The molecule has 0 aromatic carbocycles. The Morgan fingerprint density at radius 1 is 1.30 bits per heavy atom. The monoisotopic (exact) mass is 283 g/mol. The van der Waals surface area contributed by atoms with Gasteiger partial charge in [0.1, 0.15) is 17.8 Å². The molecule has 6 nitrogen and oxygen atoms in total. The summed E-state index contributed by atoms with van der Waals surface area (Å²) in [6, 6.07) is 1.30. The molecule has 0 saturated carbocycles. The number of rotatable bonds is 2. The Hall–Kier alpha value is -1.83. The Morgan fingerprint density at radius 3 is 2.85 bits per heavy atom. The second kappa shape index (κ2) is 4.93. The van der Waals surface area contributed by atoms with E-state index in [1.165, 1.54) is 6.07 Å². The molecule has 2 N–H and O–H groups in total. The number of hydrogen-bond donors (Lipinski definition) is 2. The first-order valence-corrected chi connectivity index (χ1v) is 6.45. The smallest absolute Gasteiger partial charge is 0.280 e. The molecule has 1 spiro atoms. The zero-order chi connectivity index (χ0) is 14.2. The van der Waals surface area contributed by atoms with E-state index in [9.17, 15) is 13.6 Å². The molecule has 2 aliphatic rings. The molecular weight excluding hydrogens is 268 g/mol. The maximum absolute atomic E-state index is 12.6. The normalized spacial score (nSPS) is 21.6. The van der Waals surface area contributed by atoms with Crippen LogP contribution in [0.25, 0.3) is 0 Å². The highest BCUT2D eigenvalue weighted by Crippen LogP contribution is 2.30. The fraction of sp³-hybridized carbons (Fsp3) is 0.583. The van der Waals surface area contributed by atoms with E-state index < -0.39 is 6.43 Å². The third-order valence-corrected chi connectivity index (χ3v) is 3.65. The predicted octanol–water partition coefficient (Wildman–Crippen LogP) is 0.0825. The Balaban J connectivity index is 1.70. The van der Waals surface area contributed by atoms with Crippen molar-refractivity contribution >= 4 is 11.7 Å². The molecule has 1 amide bonds. The lowest BCUT2D eigenvalue weighted by Gasteiger charge is -2.50. The van der Waals surface area contributed by atoms with Crippen molar-refractivity contribution in [3.05, 3.63) is 18.1 Å². The molecule has 2 fully saturated rings. The van der Waals surface area contributed by atoms with Crippen LogP contribution in [0.4, 0.5) is 14.6 Å². The summed E-state index contributed by atoms with van der Waals surface area (Å²) in [7, 11) is 0. The van der Waals surface area contributed by atoms with Crippen LogP contribution in [0.15, 0.2) is 12.4 Å². The minimum Gasteiger partial charge on any atom is -0.355 e. The van der Waals surface area contributed by atoms with Crippen LogP contribution in [-0.4, -0.2) is 47.6 Å². The van der Waals surface area contributed by atoms with Crippen molar-refractivity contribution in [1.29, 1.82) is 0 Å². The quantitative estimate of drug-likeness (QED) is 0.804. The van der Waals surface area contributed by atoms with Gasteiger partial charge in [0.2, 0.25) is 5.91 Å². The first-order valence-electron chi connectivity index (χ1n) is 6.45. The van der Waals surface area contributed by atoms with Crippen LogP contribution in [0.1, 0.15) is 18.5 Å². The summed E-state index contributed by atoms with van der Waals surface area (Å²) in [5, 5.41) is 6.15. The largest absolute Gasteiger partial charge is 0.355 e. The van der Waals surface area contributed by atoms with Crippen molar-refractivity contribution in [2.45, 2.75) is 18.4 Å². The second-order valence-corrected chi connectivity index (χ2v) is 5.19. The van der Waals surface area contributed by atoms with E-state index in [2.05, 4.69) is 20.6 Å². The van der Waals surface area contributed by atoms with Crippen molar-refractivity contribution in [1.82, 2.24) is 20.6 Å². The molecule has 1 aromatic heterocycles. The lowest BCUT2D eigenvalue weighted by atomic mass is 9.86. The molecule has 0 aliphatic carbocycles. The fourth-order valence-electron chi connectivity index (χ4n) is 2.69. The van der Waals surface area contributed by atoms with E-state index >= 15 is 0 Å². The van der Waals surface area contributed by atoms with Crippen molar-refractivity contribution in [2.24, 2.45) is 0 Å². The third kappa shape index (κ3) is 2.43. The molecule has 0 unspecified atom stereocenters. The Morgan fingerprint density at radius 2 is 2.10 bits per heavy atom. The SMILES string of the molecule is O=C1CC2(CN(c3cc(C(F)F)ncn3)C2)NCCN1. The molecule has 3 heterocycles. The number of carbonyl (C=O) groups is 1. The van der Waals surface area contributed by atoms with Gasteiger partial charge in [0.05, 0.1) is 5.54 Å². The summed E-state index contributed by atoms with van der Waals surface area (Å²) < 4.78 is 25.2. The van der Waals surface area contributed by atoms with Gasteiger partial charge in [0, 0.05) is 38.7 Å². The molecular formula is C12H15F2N5O. The molecule has 20 heavy (non-hydrogen) atoms. The van der Waals surface area contributed by atoms with E-state index in [0.717, 1.165) is 6.33 Å². The topological polar surface area (TPSA) is 70.2 Å². The van der Waals surface area contributed by atoms with Crippen molar-refractivity contribution in [3.8, 4) is 0 Å². The van der Waals surface area contributed by atoms with Gasteiger partial charge in [-0.1, -0.05) is 0 Å². The van der Waals surface area contributed by atoms with E-state index in [1.807, 2.05) is 4.90 Å². The summed E-state index contributed by atoms with van der Waals surface area (Å²) in [4.78, 5) is 21.0. The number of alkyl halides is 2. The Bertz CT molecular complexity index is 518. The standard InChI is InChI=1S/C12H15F2N5O/c13-11(14)8-3-9(17-7-16-8)19-5-12(6-19)4-10(20)15-1-2-18-12/h3,7,11,18H,1-2,4-6H2,(H,15,20). The lowest BCUT2D eigenvalue weighted by Crippen LogP contribution is -2.70. The van der Waals surface area contributed by atoms with Gasteiger partial charge in [-0.05, 0) is 0 Å². The van der Waals surface area contributed by atoms with Crippen molar-refractivity contribution in [2.75, 3.05) is 31.1 Å². The maximum Gasteiger partial charge on any atom is 0.280 e. The van der Waals surface area contributed by atoms with Crippen LogP contribution in [0.3, 0.4) is 0 Å². The highest BCUT2D eigenvalue weighted by molar-refractivity contribution is 5.78. The summed E-state index contributed by atoms with van der Waals surface area (Å²) in [6.45, 7) is 2.50. The zero-order valence-electron chi connectivity index (χ0n) is 10.8. The molecule has 108 valence electrons. The van der Waals surface area contributed by atoms with Crippen LogP contribution in [0, 0.1) is 0 Å². The number of nitrogens with one attached hydrogen (secondary N) is 2. The fourth-order valence-corrected chi connectivity index (χ4v) is 2.69. The molecule has 3 rings (SSSR count). The van der Waals surface area contributed by atoms with Gasteiger partial charge in [0.15, 0.2) is 0 Å². The average Bonchev–Trinajstić information content (AvgIpc) is 2.59. The van der Waals surface area contributed by atoms with Crippen LogP contribution in [-0.2, 0) is 4.79 Å². The number of amides is 1. The number of nitrogens with zero attached hydrogens (tertiary/aromatic N) is 3. The molecule has 8 heteroatoms.